The Bertz CT molecular complexity index is 673. The van der Waals surface area contributed by atoms with Crippen molar-refractivity contribution in [2.45, 2.75) is 38.0 Å². The minimum atomic E-state index is -3.70. The number of aromatic amines is 1. The average molecular weight is 312 g/mol. The van der Waals surface area contributed by atoms with Gasteiger partial charge in [0.1, 0.15) is 10.6 Å². The van der Waals surface area contributed by atoms with E-state index in [0.29, 0.717) is 18.2 Å². The molecule has 0 bridgehead atoms. The lowest BCUT2D eigenvalue weighted by atomic mass is 9.95. The summed E-state index contributed by atoms with van der Waals surface area (Å²) in [7, 11) is -3.70. The molecule has 6 nitrogen and oxygen atoms in total. The summed E-state index contributed by atoms with van der Waals surface area (Å²) in [6, 6.07) is 0. The molecule has 2 rings (SSSR count). The molecule has 0 radical (unpaired) electrons. The minimum Gasteiger partial charge on any atom is -0.477 e. The van der Waals surface area contributed by atoms with Gasteiger partial charge in [-0.15, -0.1) is 0 Å². The molecule has 3 N–H and O–H groups in total. The standard InChI is InChI=1S/C14H20N2O4S/c1-9-12(14(17)18)16-10(2)13(9)21(19,20)15-8-11-6-4-3-5-7-11/h3-4,11,15-16H,5-8H2,1-2H3,(H,17,18). The van der Waals surface area contributed by atoms with Crippen LogP contribution in [0.2, 0.25) is 0 Å². The maximum atomic E-state index is 12.4. The molecule has 0 fully saturated rings. The molecule has 7 heteroatoms. The van der Waals surface area contributed by atoms with Gasteiger partial charge < -0.3 is 10.1 Å². The molecule has 1 aliphatic carbocycles. The fourth-order valence-electron chi connectivity index (χ4n) is 2.69. The first-order valence-corrected chi connectivity index (χ1v) is 8.38. The van der Waals surface area contributed by atoms with E-state index in [0.717, 1.165) is 19.3 Å². The number of carboxylic acids is 1. The Hall–Kier alpha value is -1.60. The van der Waals surface area contributed by atoms with Gasteiger partial charge in [-0.3, -0.25) is 0 Å². The Labute approximate surface area is 124 Å². The molecule has 1 unspecified atom stereocenters. The van der Waals surface area contributed by atoms with Crippen LogP contribution in [0.15, 0.2) is 17.0 Å². The Morgan fingerprint density at radius 1 is 1.43 bits per heavy atom. The van der Waals surface area contributed by atoms with Gasteiger partial charge in [0, 0.05) is 17.8 Å². The molecule has 1 aromatic rings. The number of hydrogen-bond donors (Lipinski definition) is 3. The second-order valence-corrected chi connectivity index (χ2v) is 7.09. The van der Waals surface area contributed by atoms with Crippen molar-refractivity contribution in [3.63, 3.8) is 0 Å². The topological polar surface area (TPSA) is 99.3 Å². The third kappa shape index (κ3) is 3.36. The zero-order chi connectivity index (χ0) is 15.6. The molecular formula is C14H20N2O4S. The number of rotatable bonds is 5. The van der Waals surface area contributed by atoms with Crippen LogP contribution in [0.1, 0.15) is 41.0 Å². The zero-order valence-electron chi connectivity index (χ0n) is 12.1. The monoisotopic (exact) mass is 312 g/mol. The van der Waals surface area contributed by atoms with Crippen LogP contribution in [0.4, 0.5) is 0 Å². The van der Waals surface area contributed by atoms with E-state index in [-0.39, 0.29) is 16.2 Å². The Kier molecular flexibility index (Phi) is 4.53. The lowest BCUT2D eigenvalue weighted by Crippen LogP contribution is -2.30. The molecule has 0 amide bonds. The number of H-pyrrole nitrogens is 1. The van der Waals surface area contributed by atoms with Crippen LogP contribution in [0.25, 0.3) is 0 Å². The van der Waals surface area contributed by atoms with Gasteiger partial charge in [0.15, 0.2) is 0 Å². The maximum Gasteiger partial charge on any atom is 0.352 e. The van der Waals surface area contributed by atoms with Crippen LogP contribution in [0.3, 0.4) is 0 Å². The Balaban J connectivity index is 2.19. The molecule has 0 aliphatic heterocycles. The third-order valence-electron chi connectivity index (χ3n) is 3.79. The van der Waals surface area contributed by atoms with E-state index in [2.05, 4.69) is 21.9 Å². The van der Waals surface area contributed by atoms with Crippen molar-refractivity contribution in [3.8, 4) is 0 Å². The number of sulfonamides is 1. The van der Waals surface area contributed by atoms with Crippen molar-refractivity contribution >= 4 is 16.0 Å². The number of aromatic carboxylic acids is 1. The largest absolute Gasteiger partial charge is 0.477 e. The van der Waals surface area contributed by atoms with Gasteiger partial charge in [-0.2, -0.15) is 0 Å². The summed E-state index contributed by atoms with van der Waals surface area (Å²) in [5, 5.41) is 9.05. The van der Waals surface area contributed by atoms with E-state index >= 15 is 0 Å². The quantitative estimate of drug-likeness (QED) is 0.724. The van der Waals surface area contributed by atoms with E-state index in [4.69, 9.17) is 5.11 Å². The highest BCUT2D eigenvalue weighted by atomic mass is 32.2. The summed E-state index contributed by atoms with van der Waals surface area (Å²) in [4.78, 5) is 13.7. The van der Waals surface area contributed by atoms with Crippen LogP contribution >= 0.6 is 0 Å². The minimum absolute atomic E-state index is 0.0475. The Morgan fingerprint density at radius 2 is 2.14 bits per heavy atom. The first-order chi connectivity index (χ1) is 9.83. The molecular weight excluding hydrogens is 292 g/mol. The second-order valence-electron chi connectivity index (χ2n) is 5.39. The van der Waals surface area contributed by atoms with Crippen molar-refractivity contribution in [2.24, 2.45) is 5.92 Å². The van der Waals surface area contributed by atoms with E-state index in [1.807, 2.05) is 0 Å². The molecule has 0 spiro atoms. The average Bonchev–Trinajstić information content (AvgIpc) is 2.74. The van der Waals surface area contributed by atoms with Crippen LogP contribution in [0.5, 0.6) is 0 Å². The lowest BCUT2D eigenvalue weighted by Gasteiger charge is -2.18. The van der Waals surface area contributed by atoms with Gasteiger partial charge in [-0.25, -0.2) is 17.9 Å². The molecule has 1 aromatic heterocycles. The number of carbonyl (C=O) groups is 1. The normalized spacial score (nSPS) is 18.9. The predicted molar refractivity (Wildman–Crippen MR) is 78.9 cm³/mol. The van der Waals surface area contributed by atoms with Gasteiger partial charge in [0.25, 0.3) is 0 Å². The van der Waals surface area contributed by atoms with Crippen LogP contribution in [-0.2, 0) is 10.0 Å². The van der Waals surface area contributed by atoms with Crippen LogP contribution in [-0.4, -0.2) is 31.0 Å². The van der Waals surface area contributed by atoms with Crippen molar-refractivity contribution in [2.75, 3.05) is 6.54 Å². The first kappa shape index (κ1) is 15.8. The number of hydrogen-bond acceptors (Lipinski definition) is 3. The molecule has 1 aliphatic rings. The van der Waals surface area contributed by atoms with Gasteiger partial charge in [0.2, 0.25) is 10.0 Å². The molecule has 21 heavy (non-hydrogen) atoms. The zero-order valence-corrected chi connectivity index (χ0v) is 13.0. The van der Waals surface area contributed by atoms with Gasteiger partial charge in [-0.05, 0) is 39.0 Å². The van der Waals surface area contributed by atoms with Crippen molar-refractivity contribution < 1.29 is 18.3 Å². The maximum absolute atomic E-state index is 12.4. The highest BCUT2D eigenvalue weighted by Gasteiger charge is 2.26. The molecule has 1 atom stereocenters. The molecule has 0 saturated carbocycles. The van der Waals surface area contributed by atoms with Crippen molar-refractivity contribution in [1.82, 2.24) is 9.71 Å². The fraction of sp³-hybridized carbons (Fsp3) is 0.500. The van der Waals surface area contributed by atoms with E-state index in [1.54, 1.807) is 6.92 Å². The number of nitrogens with one attached hydrogen (secondary N) is 2. The van der Waals surface area contributed by atoms with Crippen molar-refractivity contribution in [1.29, 1.82) is 0 Å². The summed E-state index contributed by atoms with van der Waals surface area (Å²) < 4.78 is 27.4. The molecule has 0 aromatic carbocycles. The van der Waals surface area contributed by atoms with E-state index < -0.39 is 16.0 Å². The van der Waals surface area contributed by atoms with Crippen LogP contribution in [0, 0.1) is 19.8 Å². The highest BCUT2D eigenvalue weighted by molar-refractivity contribution is 7.89. The predicted octanol–water partition coefficient (Wildman–Crippen LogP) is 1.96. The van der Waals surface area contributed by atoms with Crippen LogP contribution < -0.4 is 4.72 Å². The summed E-state index contributed by atoms with van der Waals surface area (Å²) in [5.41, 5.74) is 0.519. The van der Waals surface area contributed by atoms with E-state index in [1.165, 1.54) is 6.92 Å². The smallest absolute Gasteiger partial charge is 0.352 e. The summed E-state index contributed by atoms with van der Waals surface area (Å²) in [6.07, 6.45) is 6.97. The highest BCUT2D eigenvalue weighted by Crippen LogP contribution is 2.24. The number of aryl methyl sites for hydroxylation is 1. The van der Waals surface area contributed by atoms with E-state index in [9.17, 15) is 13.2 Å². The first-order valence-electron chi connectivity index (χ1n) is 6.90. The lowest BCUT2D eigenvalue weighted by molar-refractivity contribution is 0.0690. The second kappa shape index (κ2) is 6.03. The third-order valence-corrected chi connectivity index (χ3v) is 5.49. The van der Waals surface area contributed by atoms with Gasteiger partial charge in [-0.1, -0.05) is 12.2 Å². The molecule has 116 valence electrons. The van der Waals surface area contributed by atoms with Gasteiger partial charge in [0.05, 0.1) is 0 Å². The summed E-state index contributed by atoms with van der Waals surface area (Å²) in [6.45, 7) is 3.45. The van der Waals surface area contributed by atoms with Crippen molar-refractivity contribution in [3.05, 3.63) is 29.1 Å². The SMILES string of the molecule is Cc1[nH]c(C(=O)O)c(C)c1S(=O)(=O)NCC1CC=CCC1. The molecule has 1 heterocycles. The fourth-order valence-corrected chi connectivity index (χ4v) is 4.25. The molecule has 0 saturated heterocycles. The summed E-state index contributed by atoms with van der Waals surface area (Å²) >= 11 is 0. The Morgan fingerprint density at radius 3 is 2.67 bits per heavy atom. The summed E-state index contributed by atoms with van der Waals surface area (Å²) in [5.74, 6) is -0.863. The number of allylic oxidation sites excluding steroid dienone is 2. The number of carboxylic acid groups (broad SMARTS) is 1. The van der Waals surface area contributed by atoms with Gasteiger partial charge >= 0.3 is 5.97 Å². The number of aromatic nitrogens is 1.